The normalized spacial score (nSPS) is 17.1. The SMILES string of the molecule is Nc1c(Oc2ccc(CCC3CCCCN3C(=O)O)cc2)nc[nH]c1=O. The van der Waals surface area contributed by atoms with Gasteiger partial charge < -0.3 is 25.5 Å². The van der Waals surface area contributed by atoms with Gasteiger partial charge in [0, 0.05) is 12.6 Å². The molecule has 1 atom stereocenters. The van der Waals surface area contributed by atoms with Crippen molar-refractivity contribution in [3.8, 4) is 11.6 Å². The molecule has 0 saturated carbocycles. The number of hydrogen-bond acceptors (Lipinski definition) is 5. The number of nitrogens with one attached hydrogen (secondary N) is 1. The number of carboxylic acid groups (broad SMARTS) is 1. The summed E-state index contributed by atoms with van der Waals surface area (Å²) in [6.07, 6.45) is 4.93. The van der Waals surface area contributed by atoms with Crippen LogP contribution in [-0.4, -0.2) is 38.7 Å². The molecular weight excluding hydrogens is 336 g/mol. The van der Waals surface area contributed by atoms with Gasteiger partial charge in [-0.3, -0.25) is 4.79 Å². The average Bonchev–Trinajstić information content (AvgIpc) is 2.65. The van der Waals surface area contributed by atoms with Crippen LogP contribution in [0.4, 0.5) is 10.5 Å². The molecule has 1 aromatic heterocycles. The van der Waals surface area contributed by atoms with Gasteiger partial charge in [-0.25, -0.2) is 9.78 Å². The molecule has 1 saturated heterocycles. The fraction of sp³-hybridized carbons (Fsp3) is 0.389. The zero-order valence-corrected chi connectivity index (χ0v) is 14.4. The first-order valence-electron chi connectivity index (χ1n) is 8.64. The van der Waals surface area contributed by atoms with Crippen LogP contribution >= 0.6 is 0 Å². The van der Waals surface area contributed by atoms with Crippen LogP contribution < -0.4 is 16.0 Å². The highest BCUT2D eigenvalue weighted by molar-refractivity contribution is 5.65. The number of hydrogen-bond donors (Lipinski definition) is 3. The summed E-state index contributed by atoms with van der Waals surface area (Å²) in [5.41, 5.74) is 6.23. The van der Waals surface area contributed by atoms with Crippen LogP contribution in [0.3, 0.4) is 0 Å². The van der Waals surface area contributed by atoms with Gasteiger partial charge in [-0.2, -0.15) is 0 Å². The number of carbonyl (C=O) groups is 1. The minimum atomic E-state index is -0.832. The van der Waals surface area contributed by atoms with E-state index < -0.39 is 11.7 Å². The number of rotatable bonds is 5. The van der Waals surface area contributed by atoms with Gasteiger partial charge in [0.15, 0.2) is 5.69 Å². The van der Waals surface area contributed by atoms with E-state index in [4.69, 9.17) is 10.5 Å². The van der Waals surface area contributed by atoms with Gasteiger partial charge in [-0.15, -0.1) is 0 Å². The van der Waals surface area contributed by atoms with Gasteiger partial charge in [-0.05, 0) is 49.8 Å². The third kappa shape index (κ3) is 4.14. The Morgan fingerprint density at radius 1 is 1.35 bits per heavy atom. The molecule has 1 amide bonds. The minimum Gasteiger partial charge on any atom is -0.465 e. The van der Waals surface area contributed by atoms with Gasteiger partial charge >= 0.3 is 6.09 Å². The molecule has 2 heterocycles. The van der Waals surface area contributed by atoms with Crippen molar-refractivity contribution >= 4 is 11.8 Å². The summed E-state index contributed by atoms with van der Waals surface area (Å²) in [6, 6.07) is 7.50. The molecule has 0 bridgehead atoms. The van der Waals surface area contributed by atoms with Crippen molar-refractivity contribution in [2.75, 3.05) is 12.3 Å². The number of nitrogen functional groups attached to an aromatic ring is 1. The Morgan fingerprint density at radius 3 is 2.85 bits per heavy atom. The lowest BCUT2D eigenvalue weighted by Crippen LogP contribution is -2.43. The Hall–Kier alpha value is -3.03. The smallest absolute Gasteiger partial charge is 0.407 e. The standard InChI is InChI=1S/C18H22N4O4/c19-15-16(23)20-11-21-17(15)26-14-8-5-12(6-9-14)4-7-13-3-1-2-10-22(13)18(24)25/h5-6,8-9,11,13H,1-4,7,10,19H2,(H,24,25)(H,20,21,23). The fourth-order valence-electron chi connectivity index (χ4n) is 3.20. The van der Waals surface area contributed by atoms with Crippen LogP contribution in [0.1, 0.15) is 31.2 Å². The van der Waals surface area contributed by atoms with E-state index in [2.05, 4.69) is 9.97 Å². The molecule has 4 N–H and O–H groups in total. The molecule has 0 spiro atoms. The highest BCUT2D eigenvalue weighted by Crippen LogP contribution is 2.24. The first-order valence-corrected chi connectivity index (χ1v) is 8.64. The van der Waals surface area contributed by atoms with E-state index in [1.165, 1.54) is 6.33 Å². The molecule has 8 nitrogen and oxygen atoms in total. The molecule has 0 aliphatic carbocycles. The lowest BCUT2D eigenvalue weighted by Gasteiger charge is -2.33. The van der Waals surface area contributed by atoms with Crippen molar-refractivity contribution in [2.24, 2.45) is 0 Å². The highest BCUT2D eigenvalue weighted by Gasteiger charge is 2.25. The van der Waals surface area contributed by atoms with Gasteiger partial charge in [-0.1, -0.05) is 12.1 Å². The number of anilines is 1. The predicted molar refractivity (Wildman–Crippen MR) is 96.5 cm³/mol. The Labute approximate surface area is 150 Å². The second-order valence-electron chi connectivity index (χ2n) is 6.36. The summed E-state index contributed by atoms with van der Waals surface area (Å²) in [7, 11) is 0. The van der Waals surface area contributed by atoms with Crippen molar-refractivity contribution in [1.29, 1.82) is 0 Å². The molecular formula is C18H22N4O4. The van der Waals surface area contributed by atoms with Crippen molar-refractivity contribution in [3.05, 3.63) is 46.5 Å². The number of piperidine rings is 1. The van der Waals surface area contributed by atoms with Crippen molar-refractivity contribution in [3.63, 3.8) is 0 Å². The molecule has 8 heteroatoms. The zero-order chi connectivity index (χ0) is 18.5. The van der Waals surface area contributed by atoms with Crippen LogP contribution in [0.2, 0.25) is 0 Å². The number of likely N-dealkylation sites (tertiary alicyclic amines) is 1. The van der Waals surface area contributed by atoms with Crippen LogP contribution in [0.5, 0.6) is 11.6 Å². The molecule has 1 fully saturated rings. The lowest BCUT2D eigenvalue weighted by molar-refractivity contribution is 0.103. The van der Waals surface area contributed by atoms with Crippen molar-refractivity contribution in [2.45, 2.75) is 38.1 Å². The van der Waals surface area contributed by atoms with E-state index in [0.29, 0.717) is 12.3 Å². The lowest BCUT2D eigenvalue weighted by atomic mass is 9.96. The molecule has 2 aromatic rings. The summed E-state index contributed by atoms with van der Waals surface area (Å²) < 4.78 is 5.55. The topological polar surface area (TPSA) is 122 Å². The summed E-state index contributed by atoms with van der Waals surface area (Å²) in [5, 5.41) is 9.29. The van der Waals surface area contributed by atoms with E-state index in [0.717, 1.165) is 37.7 Å². The number of benzene rings is 1. The van der Waals surface area contributed by atoms with Crippen molar-refractivity contribution in [1.82, 2.24) is 14.9 Å². The number of aromatic amines is 1. The Morgan fingerprint density at radius 2 is 2.12 bits per heavy atom. The van der Waals surface area contributed by atoms with Gasteiger partial charge in [0.2, 0.25) is 5.88 Å². The molecule has 26 heavy (non-hydrogen) atoms. The molecule has 138 valence electrons. The van der Waals surface area contributed by atoms with E-state index in [9.17, 15) is 14.7 Å². The molecule has 1 aliphatic heterocycles. The van der Waals surface area contributed by atoms with Gasteiger partial charge in [0.05, 0.1) is 6.33 Å². The average molecular weight is 358 g/mol. The molecule has 1 unspecified atom stereocenters. The first kappa shape index (κ1) is 17.8. The number of aromatic nitrogens is 2. The van der Waals surface area contributed by atoms with E-state index in [1.54, 1.807) is 17.0 Å². The predicted octanol–water partition coefficient (Wildman–Crippen LogP) is 2.61. The second-order valence-corrected chi connectivity index (χ2v) is 6.36. The number of H-pyrrole nitrogens is 1. The maximum Gasteiger partial charge on any atom is 0.407 e. The van der Waals surface area contributed by atoms with Crippen LogP contribution in [-0.2, 0) is 6.42 Å². The maximum absolute atomic E-state index is 11.4. The summed E-state index contributed by atoms with van der Waals surface area (Å²) >= 11 is 0. The van der Waals surface area contributed by atoms with Crippen LogP contribution in [0.25, 0.3) is 0 Å². The van der Waals surface area contributed by atoms with E-state index >= 15 is 0 Å². The maximum atomic E-state index is 11.4. The Kier molecular flexibility index (Phi) is 5.40. The Balaban J connectivity index is 1.60. The highest BCUT2D eigenvalue weighted by atomic mass is 16.5. The fourth-order valence-corrected chi connectivity index (χ4v) is 3.20. The summed E-state index contributed by atoms with van der Waals surface area (Å²) in [6.45, 7) is 0.622. The second kappa shape index (κ2) is 7.90. The van der Waals surface area contributed by atoms with Gasteiger partial charge in [0.1, 0.15) is 5.75 Å². The van der Waals surface area contributed by atoms with Crippen molar-refractivity contribution < 1.29 is 14.6 Å². The quantitative estimate of drug-likeness (QED) is 0.755. The van der Waals surface area contributed by atoms with Crippen LogP contribution in [0, 0.1) is 0 Å². The number of nitrogens with zero attached hydrogens (tertiary/aromatic N) is 2. The Bertz CT molecular complexity index is 819. The zero-order valence-electron chi connectivity index (χ0n) is 14.4. The first-order chi connectivity index (χ1) is 12.5. The number of aryl methyl sites for hydroxylation is 1. The number of ether oxygens (including phenoxy) is 1. The number of amides is 1. The van der Waals surface area contributed by atoms with Gasteiger partial charge in [0.25, 0.3) is 5.56 Å². The largest absolute Gasteiger partial charge is 0.465 e. The monoisotopic (exact) mass is 358 g/mol. The minimum absolute atomic E-state index is 0.0670. The third-order valence-electron chi connectivity index (χ3n) is 4.63. The summed E-state index contributed by atoms with van der Waals surface area (Å²) in [5.74, 6) is 0.601. The third-order valence-corrected chi connectivity index (χ3v) is 4.63. The molecule has 0 radical (unpaired) electrons. The number of nitrogens with two attached hydrogens (primary N) is 1. The van der Waals surface area contributed by atoms with E-state index in [-0.39, 0.29) is 17.6 Å². The molecule has 3 rings (SSSR count). The van der Waals surface area contributed by atoms with E-state index in [1.807, 2.05) is 12.1 Å². The van der Waals surface area contributed by atoms with Crippen LogP contribution in [0.15, 0.2) is 35.4 Å². The summed E-state index contributed by atoms with van der Waals surface area (Å²) in [4.78, 5) is 30.6. The molecule has 1 aromatic carbocycles. The molecule has 1 aliphatic rings.